The number of carbonyl (C=O) groups excluding carboxylic acids is 2. The fourth-order valence-electron chi connectivity index (χ4n) is 1.90. The maximum Gasteiger partial charge on any atom is 0.239 e. The van der Waals surface area contributed by atoms with Crippen molar-refractivity contribution in [1.29, 1.82) is 0 Å². The molecule has 1 aromatic carbocycles. The van der Waals surface area contributed by atoms with E-state index < -0.39 is 11.7 Å². The van der Waals surface area contributed by atoms with Crippen molar-refractivity contribution in [1.82, 2.24) is 9.78 Å². The number of nitrogens with zero attached hydrogens (tertiary/aromatic N) is 2. The Bertz CT molecular complexity index is 712. The zero-order valence-corrected chi connectivity index (χ0v) is 11.2. The van der Waals surface area contributed by atoms with E-state index in [-0.39, 0.29) is 29.4 Å². The van der Waals surface area contributed by atoms with E-state index in [4.69, 9.17) is 16.2 Å². The number of benzene rings is 1. The average molecular weight is 292 g/mol. The van der Waals surface area contributed by atoms with Crippen LogP contribution in [-0.4, -0.2) is 29.1 Å². The molecule has 0 aliphatic heterocycles. The van der Waals surface area contributed by atoms with Crippen molar-refractivity contribution in [3.8, 4) is 17.0 Å². The van der Waals surface area contributed by atoms with Gasteiger partial charge in [0.25, 0.3) is 0 Å². The van der Waals surface area contributed by atoms with Gasteiger partial charge in [-0.1, -0.05) is 0 Å². The maximum atomic E-state index is 13.7. The first-order valence-corrected chi connectivity index (χ1v) is 5.91. The van der Waals surface area contributed by atoms with Gasteiger partial charge in [-0.05, 0) is 18.2 Å². The Hall–Kier alpha value is -2.90. The van der Waals surface area contributed by atoms with Gasteiger partial charge in [-0.25, -0.2) is 9.07 Å². The lowest BCUT2D eigenvalue weighted by Gasteiger charge is -2.03. The number of carbonyl (C=O) groups is 2. The number of rotatable bonds is 5. The van der Waals surface area contributed by atoms with Crippen LogP contribution in [0, 0.1) is 5.82 Å². The number of nitrogens with two attached hydrogens (primary N) is 2. The fourth-order valence-corrected chi connectivity index (χ4v) is 1.90. The van der Waals surface area contributed by atoms with E-state index in [1.165, 1.54) is 25.3 Å². The number of methoxy groups -OCH3 is 1. The van der Waals surface area contributed by atoms with Crippen molar-refractivity contribution in [3.05, 3.63) is 29.6 Å². The van der Waals surface area contributed by atoms with E-state index in [9.17, 15) is 14.0 Å². The van der Waals surface area contributed by atoms with E-state index >= 15 is 0 Å². The lowest BCUT2D eigenvalue weighted by Crippen LogP contribution is -2.20. The van der Waals surface area contributed by atoms with E-state index in [0.717, 1.165) is 4.68 Å². The smallest absolute Gasteiger partial charge is 0.239 e. The van der Waals surface area contributed by atoms with E-state index in [1.807, 2.05) is 0 Å². The SMILES string of the molecule is COc1ccc(-c2nn(CC(N)=O)c(N)c2C=O)cc1F. The zero-order valence-electron chi connectivity index (χ0n) is 11.2. The van der Waals surface area contributed by atoms with Crippen LogP contribution in [0.2, 0.25) is 0 Å². The Kier molecular flexibility index (Phi) is 3.88. The van der Waals surface area contributed by atoms with Crippen molar-refractivity contribution in [3.63, 3.8) is 0 Å². The zero-order chi connectivity index (χ0) is 15.6. The van der Waals surface area contributed by atoms with Gasteiger partial charge in [0.2, 0.25) is 5.91 Å². The van der Waals surface area contributed by atoms with Crippen LogP contribution in [0.4, 0.5) is 10.2 Å². The molecule has 0 aliphatic carbocycles. The number of anilines is 1. The van der Waals surface area contributed by atoms with Gasteiger partial charge in [-0.3, -0.25) is 9.59 Å². The lowest BCUT2D eigenvalue weighted by atomic mass is 10.1. The van der Waals surface area contributed by atoms with E-state index in [1.54, 1.807) is 0 Å². The molecule has 0 spiro atoms. The number of amides is 1. The second-order valence-electron chi connectivity index (χ2n) is 4.24. The van der Waals surface area contributed by atoms with Crippen molar-refractivity contribution in [2.75, 3.05) is 12.8 Å². The van der Waals surface area contributed by atoms with Crippen molar-refractivity contribution >= 4 is 18.0 Å². The Morgan fingerprint density at radius 2 is 2.24 bits per heavy atom. The third-order valence-electron chi connectivity index (χ3n) is 2.88. The third kappa shape index (κ3) is 2.69. The molecular formula is C13H13FN4O3. The van der Waals surface area contributed by atoms with Crippen LogP contribution in [0.3, 0.4) is 0 Å². The van der Waals surface area contributed by atoms with Crippen LogP contribution in [0.1, 0.15) is 10.4 Å². The number of hydrogen-bond acceptors (Lipinski definition) is 5. The largest absolute Gasteiger partial charge is 0.494 e. The van der Waals surface area contributed by atoms with Crippen LogP contribution in [-0.2, 0) is 11.3 Å². The first kappa shape index (κ1) is 14.5. The molecule has 4 N–H and O–H groups in total. The summed E-state index contributed by atoms with van der Waals surface area (Å²) in [5.41, 5.74) is 11.4. The van der Waals surface area contributed by atoms with Gasteiger partial charge in [0.15, 0.2) is 17.9 Å². The summed E-state index contributed by atoms with van der Waals surface area (Å²) in [6.07, 6.45) is 0.497. The molecule has 110 valence electrons. The summed E-state index contributed by atoms with van der Waals surface area (Å²) in [6, 6.07) is 4.11. The monoisotopic (exact) mass is 292 g/mol. The minimum absolute atomic E-state index is 0.00461. The number of aromatic nitrogens is 2. The molecule has 0 saturated heterocycles. The van der Waals surface area contributed by atoms with Crippen molar-refractivity contribution < 1.29 is 18.7 Å². The van der Waals surface area contributed by atoms with Crippen molar-refractivity contribution in [2.24, 2.45) is 5.73 Å². The standard InChI is InChI=1S/C13H13FN4O3/c1-21-10-3-2-7(4-9(10)14)12-8(6-19)13(16)18(17-12)5-11(15)20/h2-4,6H,5,16H2,1H3,(H2,15,20). The molecule has 1 amide bonds. The summed E-state index contributed by atoms with van der Waals surface area (Å²) < 4.78 is 19.7. The number of halogens is 1. The predicted molar refractivity (Wildman–Crippen MR) is 73.2 cm³/mol. The van der Waals surface area contributed by atoms with Gasteiger partial charge in [-0.2, -0.15) is 5.10 Å². The highest BCUT2D eigenvalue weighted by Crippen LogP contribution is 2.29. The minimum atomic E-state index is -0.658. The molecule has 2 aromatic rings. The molecule has 0 atom stereocenters. The highest BCUT2D eigenvalue weighted by atomic mass is 19.1. The van der Waals surface area contributed by atoms with Crippen LogP contribution in [0.25, 0.3) is 11.3 Å². The topological polar surface area (TPSA) is 113 Å². The fraction of sp³-hybridized carbons (Fsp3) is 0.154. The minimum Gasteiger partial charge on any atom is -0.494 e. The van der Waals surface area contributed by atoms with Gasteiger partial charge in [0.1, 0.15) is 18.1 Å². The quantitative estimate of drug-likeness (QED) is 0.782. The van der Waals surface area contributed by atoms with Crippen molar-refractivity contribution in [2.45, 2.75) is 6.54 Å². The van der Waals surface area contributed by atoms with Gasteiger partial charge in [-0.15, -0.1) is 0 Å². The molecule has 0 aliphatic rings. The highest BCUT2D eigenvalue weighted by molar-refractivity contribution is 5.92. The molecule has 1 heterocycles. The summed E-state index contributed by atoms with van der Waals surface area (Å²) >= 11 is 0. The number of primary amides is 1. The Morgan fingerprint density at radius 1 is 1.52 bits per heavy atom. The number of aldehydes is 1. The number of ether oxygens (including phenoxy) is 1. The highest BCUT2D eigenvalue weighted by Gasteiger charge is 2.18. The first-order valence-electron chi connectivity index (χ1n) is 5.91. The molecule has 0 radical (unpaired) electrons. The van der Waals surface area contributed by atoms with Gasteiger partial charge >= 0.3 is 0 Å². The summed E-state index contributed by atoms with van der Waals surface area (Å²) in [5.74, 6) is -1.20. The second kappa shape index (κ2) is 5.61. The normalized spacial score (nSPS) is 10.4. The van der Waals surface area contributed by atoms with E-state index in [0.29, 0.717) is 11.8 Å². The molecule has 2 rings (SSSR count). The first-order chi connectivity index (χ1) is 9.97. The van der Waals surface area contributed by atoms with Crippen LogP contribution < -0.4 is 16.2 Å². The van der Waals surface area contributed by atoms with Crippen LogP contribution in [0.5, 0.6) is 5.75 Å². The summed E-state index contributed by atoms with van der Waals surface area (Å²) in [5, 5.41) is 4.04. The molecule has 1 aromatic heterocycles. The van der Waals surface area contributed by atoms with Crippen LogP contribution >= 0.6 is 0 Å². The maximum absolute atomic E-state index is 13.7. The molecule has 7 nitrogen and oxygen atoms in total. The summed E-state index contributed by atoms with van der Waals surface area (Å²) in [4.78, 5) is 22.1. The molecule has 0 saturated carbocycles. The average Bonchev–Trinajstić information content (AvgIpc) is 2.74. The molecule has 0 bridgehead atoms. The molecule has 8 heteroatoms. The van der Waals surface area contributed by atoms with E-state index in [2.05, 4.69) is 5.10 Å². The van der Waals surface area contributed by atoms with Gasteiger partial charge < -0.3 is 16.2 Å². The molecular weight excluding hydrogens is 279 g/mol. The lowest BCUT2D eigenvalue weighted by molar-refractivity contribution is -0.118. The van der Waals surface area contributed by atoms with Crippen LogP contribution in [0.15, 0.2) is 18.2 Å². The molecule has 21 heavy (non-hydrogen) atoms. The molecule has 0 fully saturated rings. The third-order valence-corrected chi connectivity index (χ3v) is 2.88. The Labute approximate surface area is 119 Å². The van der Waals surface area contributed by atoms with Gasteiger partial charge in [0, 0.05) is 5.56 Å². The number of nitrogen functional groups attached to an aromatic ring is 1. The summed E-state index contributed by atoms with van der Waals surface area (Å²) in [6.45, 7) is -0.273. The summed E-state index contributed by atoms with van der Waals surface area (Å²) in [7, 11) is 1.34. The Morgan fingerprint density at radius 3 is 2.76 bits per heavy atom. The predicted octanol–water partition coefficient (Wildman–Crippen LogP) is 0.578. The van der Waals surface area contributed by atoms with Gasteiger partial charge in [0.05, 0.1) is 12.7 Å². The second-order valence-corrected chi connectivity index (χ2v) is 4.24. The molecule has 0 unspecified atom stereocenters. The number of hydrogen-bond donors (Lipinski definition) is 2. The Balaban J connectivity index is 2.55.